The number of aryl methyl sites for hydroxylation is 2. The second-order valence-electron chi connectivity index (χ2n) is 5.44. The summed E-state index contributed by atoms with van der Waals surface area (Å²) in [6.07, 6.45) is 1.25. The fourth-order valence-corrected chi connectivity index (χ4v) is 4.16. The first-order valence-corrected chi connectivity index (χ1v) is 9.02. The molecule has 2 aromatic rings. The van der Waals surface area contributed by atoms with Crippen LogP contribution in [-0.4, -0.2) is 22.8 Å². The Hall–Kier alpha value is -0.810. The molecule has 0 aliphatic heterocycles. The minimum atomic E-state index is 0.765. The van der Waals surface area contributed by atoms with E-state index in [4.69, 9.17) is 4.98 Å². The zero-order chi connectivity index (χ0) is 14.7. The lowest BCUT2D eigenvalue weighted by Gasteiger charge is -2.07. The number of anilines is 1. The van der Waals surface area contributed by atoms with Crippen LogP contribution in [0.25, 0.3) is 10.2 Å². The number of fused-ring (bicyclic) bond motifs is 1. The van der Waals surface area contributed by atoms with Crippen LogP contribution in [0.3, 0.4) is 0 Å². The van der Waals surface area contributed by atoms with Gasteiger partial charge in [-0.05, 0) is 37.5 Å². The normalized spacial score (nSPS) is 11.5. The Morgan fingerprint density at radius 1 is 1.25 bits per heavy atom. The van der Waals surface area contributed by atoms with E-state index in [0.29, 0.717) is 0 Å². The zero-order valence-electron chi connectivity index (χ0n) is 12.9. The first-order valence-electron chi connectivity index (χ1n) is 7.05. The van der Waals surface area contributed by atoms with E-state index < -0.39 is 0 Å². The second kappa shape index (κ2) is 6.76. The van der Waals surface area contributed by atoms with Crippen molar-refractivity contribution in [2.75, 3.05) is 18.1 Å². The molecule has 0 saturated heterocycles. The van der Waals surface area contributed by atoms with Gasteiger partial charge in [-0.3, -0.25) is 0 Å². The van der Waals surface area contributed by atoms with Gasteiger partial charge in [-0.2, -0.15) is 11.8 Å². The number of thioether (sulfide) groups is 1. The van der Waals surface area contributed by atoms with Crippen LogP contribution >= 0.6 is 23.1 Å². The fourth-order valence-electron chi connectivity index (χ4n) is 2.02. The lowest BCUT2D eigenvalue weighted by atomic mass is 10.2. The maximum absolute atomic E-state index is 4.73. The van der Waals surface area contributed by atoms with Crippen LogP contribution in [0, 0.1) is 19.8 Å². The summed E-state index contributed by atoms with van der Waals surface area (Å²) in [7, 11) is 1.93. The number of hydrogen-bond donors (Lipinski definition) is 1. The number of rotatable bonds is 6. The molecular formula is C15H23N3S2. The smallest absolute Gasteiger partial charge is 0.142 e. The van der Waals surface area contributed by atoms with E-state index in [-0.39, 0.29) is 0 Å². The molecule has 20 heavy (non-hydrogen) atoms. The third kappa shape index (κ3) is 3.44. The summed E-state index contributed by atoms with van der Waals surface area (Å²) in [5.74, 6) is 4.75. The van der Waals surface area contributed by atoms with E-state index in [9.17, 15) is 0 Å². The van der Waals surface area contributed by atoms with E-state index in [0.717, 1.165) is 28.1 Å². The second-order valence-corrected chi connectivity index (χ2v) is 7.75. The Kier molecular flexibility index (Phi) is 5.27. The molecule has 0 bridgehead atoms. The summed E-state index contributed by atoms with van der Waals surface area (Å²) in [6.45, 7) is 8.83. The summed E-state index contributed by atoms with van der Waals surface area (Å²) in [5, 5.41) is 4.41. The predicted octanol–water partition coefficient (Wildman–Crippen LogP) is 4.63. The van der Waals surface area contributed by atoms with E-state index in [2.05, 4.69) is 38.0 Å². The molecule has 2 rings (SSSR count). The van der Waals surface area contributed by atoms with E-state index >= 15 is 0 Å². The van der Waals surface area contributed by atoms with Gasteiger partial charge >= 0.3 is 0 Å². The number of thiophene rings is 1. The van der Waals surface area contributed by atoms with Crippen molar-refractivity contribution >= 4 is 39.1 Å². The van der Waals surface area contributed by atoms with Gasteiger partial charge in [0.15, 0.2) is 0 Å². The van der Waals surface area contributed by atoms with Gasteiger partial charge in [-0.25, -0.2) is 9.97 Å². The molecule has 0 radical (unpaired) electrons. The molecule has 0 amide bonds. The molecule has 0 aromatic carbocycles. The van der Waals surface area contributed by atoms with Gasteiger partial charge in [0.05, 0.1) is 11.1 Å². The van der Waals surface area contributed by atoms with Gasteiger partial charge in [0, 0.05) is 11.9 Å². The Bertz CT molecular complexity index is 590. The van der Waals surface area contributed by atoms with Gasteiger partial charge in [0.2, 0.25) is 0 Å². The predicted molar refractivity (Wildman–Crippen MR) is 92.1 cm³/mol. The molecule has 5 heteroatoms. The molecule has 0 fully saturated rings. The molecule has 2 heterocycles. The lowest BCUT2D eigenvalue weighted by Crippen LogP contribution is -2.00. The number of nitrogens with one attached hydrogen (secondary N) is 1. The molecule has 0 aliphatic carbocycles. The summed E-state index contributed by atoms with van der Waals surface area (Å²) < 4.78 is 0. The highest BCUT2D eigenvalue weighted by molar-refractivity contribution is 7.98. The molecule has 3 nitrogen and oxygen atoms in total. The molecular weight excluding hydrogens is 286 g/mol. The zero-order valence-corrected chi connectivity index (χ0v) is 14.5. The Morgan fingerprint density at radius 3 is 2.65 bits per heavy atom. The molecule has 0 spiro atoms. The molecule has 2 aromatic heterocycles. The number of nitrogens with zero attached hydrogens (tertiary/aromatic N) is 2. The van der Waals surface area contributed by atoms with Gasteiger partial charge in [0.1, 0.15) is 16.5 Å². The Balaban J connectivity index is 2.19. The standard InChI is InChI=1S/C15H23N3S2/c1-9(2)6-7-19-8-12-17-14(16-5)13-10(3)11(4)20-15(13)18-12/h9H,6-8H2,1-5H3,(H,16,17,18). The summed E-state index contributed by atoms with van der Waals surface area (Å²) in [6, 6.07) is 0. The van der Waals surface area contributed by atoms with E-state index in [1.807, 2.05) is 18.8 Å². The average molecular weight is 310 g/mol. The fraction of sp³-hybridized carbons (Fsp3) is 0.600. The van der Waals surface area contributed by atoms with Gasteiger partial charge in [-0.15, -0.1) is 11.3 Å². The van der Waals surface area contributed by atoms with Crippen molar-refractivity contribution in [2.45, 2.75) is 39.9 Å². The summed E-state index contributed by atoms with van der Waals surface area (Å²) >= 11 is 3.69. The van der Waals surface area contributed by atoms with Crippen molar-refractivity contribution in [3.05, 3.63) is 16.3 Å². The highest BCUT2D eigenvalue weighted by Crippen LogP contribution is 2.33. The molecule has 1 N–H and O–H groups in total. The lowest BCUT2D eigenvalue weighted by molar-refractivity contribution is 0.632. The summed E-state index contributed by atoms with van der Waals surface area (Å²) in [4.78, 5) is 11.8. The van der Waals surface area contributed by atoms with Crippen molar-refractivity contribution in [3.8, 4) is 0 Å². The average Bonchev–Trinajstić information content (AvgIpc) is 2.69. The SMILES string of the molecule is CNc1nc(CSCCC(C)C)nc2sc(C)c(C)c12. The maximum atomic E-state index is 4.73. The van der Waals surface area contributed by atoms with Crippen LogP contribution in [0.15, 0.2) is 0 Å². The van der Waals surface area contributed by atoms with Crippen LogP contribution in [0.5, 0.6) is 0 Å². The van der Waals surface area contributed by atoms with Crippen LogP contribution in [0.1, 0.15) is 36.5 Å². The molecule has 0 aliphatic rings. The molecule has 0 saturated carbocycles. The van der Waals surface area contributed by atoms with Crippen molar-refractivity contribution < 1.29 is 0 Å². The van der Waals surface area contributed by atoms with Crippen molar-refractivity contribution in [1.29, 1.82) is 0 Å². The largest absolute Gasteiger partial charge is 0.372 e. The topological polar surface area (TPSA) is 37.8 Å². The van der Waals surface area contributed by atoms with Crippen LogP contribution in [0.2, 0.25) is 0 Å². The quantitative estimate of drug-likeness (QED) is 0.790. The molecule has 110 valence electrons. The van der Waals surface area contributed by atoms with Gasteiger partial charge < -0.3 is 5.32 Å². The highest BCUT2D eigenvalue weighted by atomic mass is 32.2. The molecule has 0 atom stereocenters. The first kappa shape index (κ1) is 15.6. The maximum Gasteiger partial charge on any atom is 0.142 e. The summed E-state index contributed by atoms with van der Waals surface area (Å²) in [5.41, 5.74) is 1.30. The van der Waals surface area contributed by atoms with E-state index in [1.165, 1.54) is 28.0 Å². The monoisotopic (exact) mass is 309 g/mol. The first-order chi connectivity index (χ1) is 9.52. The third-order valence-electron chi connectivity index (χ3n) is 3.38. The number of aromatic nitrogens is 2. The minimum absolute atomic E-state index is 0.765. The van der Waals surface area contributed by atoms with Crippen LogP contribution in [-0.2, 0) is 5.75 Å². The van der Waals surface area contributed by atoms with Crippen LogP contribution < -0.4 is 5.32 Å². The van der Waals surface area contributed by atoms with Crippen LogP contribution in [0.4, 0.5) is 5.82 Å². The Labute approximate surface area is 129 Å². The third-order valence-corrected chi connectivity index (χ3v) is 5.47. The number of hydrogen-bond acceptors (Lipinski definition) is 5. The van der Waals surface area contributed by atoms with Crippen molar-refractivity contribution in [3.63, 3.8) is 0 Å². The highest BCUT2D eigenvalue weighted by Gasteiger charge is 2.13. The van der Waals surface area contributed by atoms with E-state index in [1.54, 1.807) is 11.3 Å². The van der Waals surface area contributed by atoms with Gasteiger partial charge in [0.25, 0.3) is 0 Å². The van der Waals surface area contributed by atoms with Crippen molar-refractivity contribution in [1.82, 2.24) is 9.97 Å². The minimum Gasteiger partial charge on any atom is -0.372 e. The Morgan fingerprint density at radius 2 is 2.00 bits per heavy atom. The molecule has 0 unspecified atom stereocenters. The van der Waals surface area contributed by atoms with Gasteiger partial charge in [-0.1, -0.05) is 13.8 Å². The van der Waals surface area contributed by atoms with Crippen molar-refractivity contribution in [2.24, 2.45) is 5.92 Å².